The van der Waals surface area contributed by atoms with E-state index in [1.807, 2.05) is 17.7 Å². The van der Waals surface area contributed by atoms with Crippen LogP contribution in [-0.4, -0.2) is 20.3 Å². The third-order valence-electron chi connectivity index (χ3n) is 3.86. The molecule has 0 fully saturated rings. The number of Topliss-reactive ketones (excluding diaryl/α,β-unsaturated/α-hetero) is 1. The fraction of sp³-hybridized carbons (Fsp3) is 0.118. The van der Waals surface area contributed by atoms with Gasteiger partial charge in [0.1, 0.15) is 11.3 Å². The second-order valence-corrected chi connectivity index (χ2v) is 5.51. The Morgan fingerprint density at radius 3 is 2.79 bits per heavy atom. The van der Waals surface area contributed by atoms with Crippen LogP contribution in [0.4, 0.5) is 16.4 Å². The molecule has 0 amide bonds. The Morgan fingerprint density at radius 2 is 2.00 bits per heavy atom. The zero-order valence-electron chi connectivity index (χ0n) is 13.0. The van der Waals surface area contributed by atoms with E-state index >= 15 is 0 Å². The number of imidazole rings is 1. The summed E-state index contributed by atoms with van der Waals surface area (Å²) in [6.45, 7) is 1.51. The molecular formula is C17H13FN4O2. The first-order chi connectivity index (χ1) is 11.5. The molecule has 0 atom stereocenters. The van der Waals surface area contributed by atoms with Gasteiger partial charge in [-0.25, -0.2) is 9.37 Å². The molecule has 0 aliphatic heterocycles. The molecule has 2 aromatic carbocycles. The van der Waals surface area contributed by atoms with Gasteiger partial charge in [0.2, 0.25) is 5.95 Å². The van der Waals surface area contributed by atoms with Crippen LogP contribution in [0.2, 0.25) is 0 Å². The molecule has 0 bridgehead atoms. The summed E-state index contributed by atoms with van der Waals surface area (Å²) < 4.78 is 20.6. The number of nitrogens with zero attached hydrogens (tertiary/aromatic N) is 3. The number of carbonyl (C=O) groups is 1. The smallest absolute Gasteiger partial charge is 0.302 e. The van der Waals surface area contributed by atoms with Gasteiger partial charge in [0.25, 0.3) is 0 Å². The first-order valence-corrected chi connectivity index (χ1v) is 7.32. The van der Waals surface area contributed by atoms with Crippen LogP contribution in [0.15, 0.2) is 40.8 Å². The SMILES string of the molecule is CC(=O)c1ccc2c(c1)nc(Nc1nc3cc(F)ccc3o1)n2C. The summed E-state index contributed by atoms with van der Waals surface area (Å²) in [6, 6.07) is 9.71. The number of nitrogens with one attached hydrogen (secondary N) is 1. The Balaban J connectivity index is 1.75. The molecular weight excluding hydrogens is 311 g/mol. The predicted octanol–water partition coefficient (Wildman–Crippen LogP) is 3.80. The van der Waals surface area contributed by atoms with Crippen molar-refractivity contribution in [3.05, 3.63) is 47.8 Å². The minimum absolute atomic E-state index is 0.0157. The topological polar surface area (TPSA) is 73.0 Å². The second-order valence-electron chi connectivity index (χ2n) is 5.51. The van der Waals surface area contributed by atoms with Gasteiger partial charge < -0.3 is 8.98 Å². The van der Waals surface area contributed by atoms with Gasteiger partial charge in [-0.3, -0.25) is 10.1 Å². The van der Waals surface area contributed by atoms with E-state index in [1.165, 1.54) is 25.1 Å². The number of aromatic nitrogens is 3. The molecule has 0 saturated heterocycles. The normalized spacial score (nSPS) is 11.3. The number of hydrogen-bond donors (Lipinski definition) is 1. The highest BCUT2D eigenvalue weighted by Gasteiger charge is 2.13. The highest BCUT2D eigenvalue weighted by Crippen LogP contribution is 2.25. The zero-order valence-corrected chi connectivity index (χ0v) is 13.0. The van der Waals surface area contributed by atoms with Crippen molar-refractivity contribution in [1.29, 1.82) is 0 Å². The molecule has 0 radical (unpaired) electrons. The lowest BCUT2D eigenvalue weighted by atomic mass is 10.1. The highest BCUT2D eigenvalue weighted by atomic mass is 19.1. The lowest BCUT2D eigenvalue weighted by Crippen LogP contribution is -1.99. The third kappa shape index (κ3) is 2.30. The molecule has 0 saturated carbocycles. The standard InChI is InChI=1S/C17H13FN4O2/c1-9(23)10-3-5-14-12(7-10)19-16(22(14)2)21-17-20-13-8-11(18)4-6-15(13)24-17/h3-8H,1-2H3,(H,19,20,21). The fourth-order valence-corrected chi connectivity index (χ4v) is 2.58. The van der Waals surface area contributed by atoms with Gasteiger partial charge in [-0.05, 0) is 37.3 Å². The van der Waals surface area contributed by atoms with Crippen LogP contribution in [-0.2, 0) is 7.05 Å². The number of halogens is 1. The Bertz CT molecular complexity index is 1100. The summed E-state index contributed by atoms with van der Waals surface area (Å²) in [5.74, 6) is 0.123. The Labute approximate surface area is 135 Å². The van der Waals surface area contributed by atoms with Gasteiger partial charge in [-0.2, -0.15) is 4.98 Å². The highest BCUT2D eigenvalue weighted by molar-refractivity contribution is 5.97. The maximum absolute atomic E-state index is 13.2. The molecule has 0 aliphatic rings. The van der Waals surface area contributed by atoms with Gasteiger partial charge in [0, 0.05) is 18.7 Å². The van der Waals surface area contributed by atoms with Crippen LogP contribution in [0.25, 0.3) is 22.1 Å². The lowest BCUT2D eigenvalue weighted by Gasteiger charge is -2.01. The third-order valence-corrected chi connectivity index (χ3v) is 3.86. The fourth-order valence-electron chi connectivity index (χ4n) is 2.58. The van der Waals surface area contributed by atoms with Crippen LogP contribution in [0.3, 0.4) is 0 Å². The maximum Gasteiger partial charge on any atom is 0.302 e. The molecule has 6 nitrogen and oxygen atoms in total. The number of carbonyl (C=O) groups excluding carboxylic acids is 1. The molecule has 120 valence electrons. The number of aryl methyl sites for hydroxylation is 1. The summed E-state index contributed by atoms with van der Waals surface area (Å²) in [6.07, 6.45) is 0. The van der Waals surface area contributed by atoms with Crippen molar-refractivity contribution in [3.63, 3.8) is 0 Å². The molecule has 0 unspecified atom stereocenters. The molecule has 7 heteroatoms. The van der Waals surface area contributed by atoms with Gasteiger partial charge in [-0.15, -0.1) is 0 Å². The average molecular weight is 324 g/mol. The van der Waals surface area contributed by atoms with E-state index in [-0.39, 0.29) is 17.6 Å². The quantitative estimate of drug-likeness (QED) is 0.580. The lowest BCUT2D eigenvalue weighted by molar-refractivity contribution is 0.101. The van der Waals surface area contributed by atoms with Crippen molar-refractivity contribution in [2.24, 2.45) is 7.05 Å². The minimum atomic E-state index is -0.373. The van der Waals surface area contributed by atoms with E-state index in [1.54, 1.807) is 12.1 Å². The summed E-state index contributed by atoms with van der Waals surface area (Å²) in [5.41, 5.74) is 3.07. The van der Waals surface area contributed by atoms with Gasteiger partial charge in [0.15, 0.2) is 11.4 Å². The number of fused-ring (bicyclic) bond motifs is 2. The molecule has 0 aliphatic carbocycles. The van der Waals surface area contributed by atoms with Crippen molar-refractivity contribution in [2.45, 2.75) is 6.92 Å². The predicted molar refractivity (Wildman–Crippen MR) is 88.0 cm³/mol. The summed E-state index contributed by atoms with van der Waals surface area (Å²) in [4.78, 5) is 20.2. The van der Waals surface area contributed by atoms with Gasteiger partial charge in [0.05, 0.1) is 11.0 Å². The maximum atomic E-state index is 13.2. The molecule has 24 heavy (non-hydrogen) atoms. The average Bonchev–Trinajstić information content (AvgIpc) is 3.08. The monoisotopic (exact) mass is 324 g/mol. The van der Waals surface area contributed by atoms with Crippen molar-refractivity contribution < 1.29 is 13.6 Å². The zero-order chi connectivity index (χ0) is 16.8. The molecule has 2 aromatic heterocycles. The van der Waals surface area contributed by atoms with Crippen LogP contribution >= 0.6 is 0 Å². The number of oxazole rings is 1. The van der Waals surface area contributed by atoms with Crippen LogP contribution in [0, 0.1) is 5.82 Å². The van der Waals surface area contributed by atoms with Crippen LogP contribution in [0.5, 0.6) is 0 Å². The van der Waals surface area contributed by atoms with E-state index < -0.39 is 0 Å². The van der Waals surface area contributed by atoms with E-state index in [9.17, 15) is 9.18 Å². The van der Waals surface area contributed by atoms with E-state index in [2.05, 4.69) is 15.3 Å². The molecule has 0 spiro atoms. The minimum Gasteiger partial charge on any atom is -0.423 e. The Hall–Kier alpha value is -3.22. The number of rotatable bonds is 3. The summed E-state index contributed by atoms with van der Waals surface area (Å²) >= 11 is 0. The number of benzene rings is 2. The van der Waals surface area contributed by atoms with Crippen molar-refractivity contribution >= 4 is 39.9 Å². The van der Waals surface area contributed by atoms with Crippen LogP contribution in [0.1, 0.15) is 17.3 Å². The first-order valence-electron chi connectivity index (χ1n) is 7.32. The second kappa shape index (κ2) is 5.16. The van der Waals surface area contributed by atoms with Crippen LogP contribution < -0.4 is 5.32 Å². The Morgan fingerprint density at radius 1 is 1.17 bits per heavy atom. The summed E-state index contributed by atoms with van der Waals surface area (Å²) in [7, 11) is 1.84. The van der Waals surface area contributed by atoms with E-state index in [0.717, 1.165) is 5.52 Å². The largest absolute Gasteiger partial charge is 0.423 e. The van der Waals surface area contributed by atoms with Crippen molar-refractivity contribution in [2.75, 3.05) is 5.32 Å². The van der Waals surface area contributed by atoms with Crippen molar-refractivity contribution in [1.82, 2.24) is 14.5 Å². The summed E-state index contributed by atoms with van der Waals surface area (Å²) in [5, 5.41) is 2.99. The molecule has 1 N–H and O–H groups in total. The molecule has 4 aromatic rings. The van der Waals surface area contributed by atoms with E-state index in [4.69, 9.17) is 4.42 Å². The number of anilines is 2. The van der Waals surface area contributed by atoms with E-state index in [0.29, 0.717) is 28.1 Å². The number of ketones is 1. The number of hydrogen-bond acceptors (Lipinski definition) is 5. The van der Waals surface area contributed by atoms with Gasteiger partial charge >= 0.3 is 6.01 Å². The molecule has 4 rings (SSSR count). The Kier molecular flexibility index (Phi) is 3.09. The molecule has 2 heterocycles. The first kappa shape index (κ1) is 14.4. The van der Waals surface area contributed by atoms with Crippen molar-refractivity contribution in [3.8, 4) is 0 Å². The van der Waals surface area contributed by atoms with Gasteiger partial charge in [-0.1, -0.05) is 0 Å².